The fraction of sp³-hybridized carbons (Fsp3) is 0.500. The average Bonchev–Trinajstić information content (AvgIpc) is 2.86. The number of piperidine rings is 2. The van der Waals surface area contributed by atoms with Crippen molar-refractivity contribution in [3.63, 3.8) is 0 Å². The Morgan fingerprint density at radius 2 is 1.77 bits per heavy atom. The Labute approximate surface area is 212 Å². The van der Waals surface area contributed by atoms with Crippen LogP contribution in [0.25, 0.3) is 0 Å². The number of ether oxygens (including phenoxy) is 1. The van der Waals surface area contributed by atoms with Crippen LogP contribution in [0.2, 0.25) is 5.02 Å². The van der Waals surface area contributed by atoms with Crippen LogP contribution in [0.15, 0.2) is 47.4 Å². The van der Waals surface area contributed by atoms with E-state index < -0.39 is 21.3 Å². The third kappa shape index (κ3) is 6.16. The van der Waals surface area contributed by atoms with E-state index in [-0.39, 0.29) is 30.4 Å². The number of rotatable bonds is 7. The van der Waals surface area contributed by atoms with Crippen LogP contribution in [0, 0.1) is 18.2 Å². The van der Waals surface area contributed by atoms with Crippen LogP contribution in [0.3, 0.4) is 0 Å². The molecule has 9 heteroatoms. The zero-order valence-electron chi connectivity index (χ0n) is 20.0. The lowest BCUT2D eigenvalue weighted by molar-refractivity contribution is -0.136. The number of halogens is 2. The molecule has 0 aliphatic carbocycles. The van der Waals surface area contributed by atoms with E-state index in [2.05, 4.69) is 0 Å². The van der Waals surface area contributed by atoms with E-state index in [1.165, 1.54) is 16.4 Å². The molecule has 4 rings (SSSR count). The van der Waals surface area contributed by atoms with Gasteiger partial charge in [0.15, 0.2) is 0 Å². The second-order valence-electron chi connectivity index (χ2n) is 9.71. The number of likely N-dealkylation sites (tertiary alicyclic amines) is 1. The first-order chi connectivity index (χ1) is 16.7. The number of carbonyl (C=O) groups is 1. The van der Waals surface area contributed by atoms with E-state index >= 15 is 0 Å². The molecule has 0 spiro atoms. The highest BCUT2D eigenvalue weighted by atomic mass is 35.5. The number of benzene rings is 2. The standard InChI is InChI=1S/C26H32ClFN2O4S/c1-20-16-22(8-11-24(20)27)34-19-26(17-25(31)29-13-3-2-4-14-29)12-5-15-30(18-26)35(32,33)23-9-6-21(28)7-10-23/h6-11,16H,2-5,12-15,17-19H2,1H3. The van der Waals surface area contributed by atoms with Gasteiger partial charge in [0, 0.05) is 43.0 Å². The van der Waals surface area contributed by atoms with Gasteiger partial charge in [-0.1, -0.05) is 11.6 Å². The lowest BCUT2D eigenvalue weighted by Gasteiger charge is -2.42. The van der Waals surface area contributed by atoms with E-state index in [4.69, 9.17) is 16.3 Å². The summed E-state index contributed by atoms with van der Waals surface area (Å²) >= 11 is 6.15. The summed E-state index contributed by atoms with van der Waals surface area (Å²) in [6, 6.07) is 10.3. The maximum atomic E-state index is 13.4. The third-order valence-corrected chi connectivity index (χ3v) is 9.27. The van der Waals surface area contributed by atoms with Gasteiger partial charge in [-0.3, -0.25) is 4.79 Å². The normalized spacial score (nSPS) is 21.6. The van der Waals surface area contributed by atoms with Crippen LogP contribution >= 0.6 is 11.6 Å². The number of aryl methyl sites for hydroxylation is 1. The molecule has 2 aliphatic heterocycles. The summed E-state index contributed by atoms with van der Waals surface area (Å²) in [7, 11) is -3.84. The summed E-state index contributed by atoms with van der Waals surface area (Å²) in [5.74, 6) is 0.188. The van der Waals surface area contributed by atoms with Crippen LogP contribution in [-0.4, -0.2) is 56.3 Å². The zero-order valence-corrected chi connectivity index (χ0v) is 21.6. The van der Waals surface area contributed by atoms with Crippen molar-refractivity contribution in [2.24, 2.45) is 5.41 Å². The maximum Gasteiger partial charge on any atom is 0.243 e. The Morgan fingerprint density at radius 1 is 1.06 bits per heavy atom. The summed E-state index contributed by atoms with van der Waals surface area (Å²) in [5.41, 5.74) is 0.208. The van der Waals surface area contributed by atoms with E-state index in [1.54, 1.807) is 12.1 Å². The maximum absolute atomic E-state index is 13.4. The Bertz CT molecular complexity index is 1150. The second-order valence-corrected chi connectivity index (χ2v) is 12.1. The molecule has 0 bridgehead atoms. The molecule has 1 atom stereocenters. The van der Waals surface area contributed by atoms with Gasteiger partial charge in [-0.05, 0) is 87.1 Å². The summed E-state index contributed by atoms with van der Waals surface area (Å²) in [6.45, 7) is 4.09. The second kappa shape index (κ2) is 10.8. The first kappa shape index (κ1) is 25.9. The minimum atomic E-state index is -3.84. The van der Waals surface area contributed by atoms with Crippen molar-refractivity contribution in [2.45, 2.75) is 50.3 Å². The summed E-state index contributed by atoms with van der Waals surface area (Å²) < 4.78 is 47.7. The highest BCUT2D eigenvalue weighted by Crippen LogP contribution is 2.38. The van der Waals surface area contributed by atoms with E-state index in [0.29, 0.717) is 30.2 Å². The zero-order chi connectivity index (χ0) is 25.1. The van der Waals surface area contributed by atoms with Crippen molar-refractivity contribution >= 4 is 27.5 Å². The number of carbonyl (C=O) groups excluding carboxylic acids is 1. The lowest BCUT2D eigenvalue weighted by atomic mass is 9.78. The van der Waals surface area contributed by atoms with E-state index in [0.717, 1.165) is 50.0 Å². The first-order valence-electron chi connectivity index (χ1n) is 12.1. The minimum Gasteiger partial charge on any atom is -0.493 e. The number of hydrogen-bond donors (Lipinski definition) is 0. The van der Waals surface area contributed by atoms with Crippen molar-refractivity contribution in [1.29, 1.82) is 0 Å². The molecule has 2 aromatic carbocycles. The van der Waals surface area contributed by atoms with Gasteiger partial charge in [0.25, 0.3) is 0 Å². The van der Waals surface area contributed by atoms with E-state index in [9.17, 15) is 17.6 Å². The Balaban J connectivity index is 1.58. The molecular formula is C26H32ClFN2O4S. The van der Waals surface area contributed by atoms with Crippen LogP contribution < -0.4 is 4.74 Å². The minimum absolute atomic E-state index is 0.0432. The third-order valence-electron chi connectivity index (χ3n) is 6.99. The molecule has 0 aromatic heterocycles. The van der Waals surface area contributed by atoms with Gasteiger partial charge < -0.3 is 9.64 Å². The van der Waals surface area contributed by atoms with Gasteiger partial charge >= 0.3 is 0 Å². The predicted molar refractivity (Wildman–Crippen MR) is 134 cm³/mol. The van der Waals surface area contributed by atoms with Gasteiger partial charge in [0.2, 0.25) is 15.9 Å². The van der Waals surface area contributed by atoms with Crippen molar-refractivity contribution in [2.75, 3.05) is 32.8 Å². The fourth-order valence-electron chi connectivity index (χ4n) is 4.96. The Hall–Kier alpha value is -2.16. The van der Waals surface area contributed by atoms with Crippen LogP contribution in [0.5, 0.6) is 5.75 Å². The molecule has 2 saturated heterocycles. The molecule has 35 heavy (non-hydrogen) atoms. The molecule has 1 unspecified atom stereocenters. The fourth-order valence-corrected chi connectivity index (χ4v) is 6.66. The molecular weight excluding hydrogens is 491 g/mol. The summed E-state index contributed by atoms with van der Waals surface area (Å²) in [4.78, 5) is 15.2. The molecule has 190 valence electrons. The van der Waals surface area contributed by atoms with Gasteiger partial charge in [0.1, 0.15) is 11.6 Å². The van der Waals surface area contributed by atoms with Crippen molar-refractivity contribution in [1.82, 2.24) is 9.21 Å². The highest BCUT2D eigenvalue weighted by molar-refractivity contribution is 7.89. The van der Waals surface area contributed by atoms with Gasteiger partial charge in [-0.15, -0.1) is 0 Å². The molecule has 1 amide bonds. The molecule has 0 N–H and O–H groups in total. The molecule has 2 aromatic rings. The summed E-state index contributed by atoms with van der Waals surface area (Å²) in [6.07, 6.45) is 4.60. The smallest absolute Gasteiger partial charge is 0.243 e. The van der Waals surface area contributed by atoms with Gasteiger partial charge in [-0.25, -0.2) is 12.8 Å². The molecule has 2 heterocycles. The van der Waals surface area contributed by atoms with Crippen molar-refractivity contribution in [3.05, 3.63) is 58.9 Å². The monoisotopic (exact) mass is 522 g/mol. The first-order valence-corrected chi connectivity index (χ1v) is 13.9. The topological polar surface area (TPSA) is 66.9 Å². The van der Waals surface area contributed by atoms with Crippen molar-refractivity contribution < 1.29 is 22.3 Å². The quantitative estimate of drug-likeness (QED) is 0.511. The molecule has 0 saturated carbocycles. The van der Waals surface area contributed by atoms with Crippen LogP contribution in [0.1, 0.15) is 44.1 Å². The summed E-state index contributed by atoms with van der Waals surface area (Å²) in [5, 5.41) is 0.640. The largest absolute Gasteiger partial charge is 0.493 e. The van der Waals surface area contributed by atoms with Crippen molar-refractivity contribution in [3.8, 4) is 5.75 Å². The molecule has 0 radical (unpaired) electrons. The SMILES string of the molecule is Cc1cc(OCC2(CC(=O)N3CCCCC3)CCCN(S(=O)(=O)c3ccc(F)cc3)C2)ccc1Cl. The van der Waals surface area contributed by atoms with Gasteiger partial charge in [0.05, 0.1) is 11.5 Å². The number of hydrogen-bond acceptors (Lipinski definition) is 4. The Morgan fingerprint density at radius 3 is 2.46 bits per heavy atom. The highest BCUT2D eigenvalue weighted by Gasteiger charge is 2.43. The number of amides is 1. The number of sulfonamides is 1. The Kier molecular flexibility index (Phi) is 8.03. The number of nitrogens with zero attached hydrogens (tertiary/aromatic N) is 2. The molecule has 2 aliphatic rings. The lowest BCUT2D eigenvalue weighted by Crippen LogP contribution is -2.51. The van der Waals surface area contributed by atoms with Crippen LogP contribution in [0.4, 0.5) is 4.39 Å². The predicted octanol–water partition coefficient (Wildman–Crippen LogP) is 5.04. The van der Waals surface area contributed by atoms with E-state index in [1.807, 2.05) is 17.9 Å². The van der Waals surface area contributed by atoms with Crippen LogP contribution in [-0.2, 0) is 14.8 Å². The molecule has 2 fully saturated rings. The van der Waals surface area contributed by atoms with Gasteiger partial charge in [-0.2, -0.15) is 4.31 Å². The molecule has 6 nitrogen and oxygen atoms in total. The average molecular weight is 523 g/mol.